The third-order valence-corrected chi connectivity index (χ3v) is 1.87. The molecule has 0 aromatic carbocycles. The lowest BCUT2D eigenvalue weighted by Gasteiger charge is -2.19. The molecule has 0 bridgehead atoms. The summed E-state index contributed by atoms with van der Waals surface area (Å²) in [4.78, 5) is 10.8. The monoisotopic (exact) mass is 129 g/mol. The minimum absolute atomic E-state index is 0. The number of carbonyl (C=O) groups is 1. The van der Waals surface area contributed by atoms with E-state index in [4.69, 9.17) is 0 Å². The normalized spacial score (nSPS) is 27.9. The summed E-state index contributed by atoms with van der Waals surface area (Å²) in [7, 11) is 0. The van der Waals surface area contributed by atoms with Crippen molar-refractivity contribution in [2.24, 2.45) is 5.92 Å². The molecule has 1 unspecified atom stereocenters. The number of Topliss-reactive ketones (excluding diaryl/α,β-unsaturated/α-hetero) is 1. The van der Waals surface area contributed by atoms with Crippen molar-refractivity contribution in [2.45, 2.75) is 19.8 Å². The highest BCUT2D eigenvalue weighted by atomic mass is 16.1. The van der Waals surface area contributed by atoms with E-state index in [9.17, 15) is 4.79 Å². The Kier molecular flexibility index (Phi) is 2.22. The molecule has 1 saturated heterocycles. The first kappa shape index (κ1) is 6.75. The van der Waals surface area contributed by atoms with Gasteiger partial charge in [0.15, 0.2) is 0 Å². The third kappa shape index (κ3) is 1.79. The van der Waals surface area contributed by atoms with Crippen LogP contribution >= 0.6 is 0 Å². The van der Waals surface area contributed by atoms with Gasteiger partial charge in [-0.3, -0.25) is 4.79 Å². The van der Waals surface area contributed by atoms with Gasteiger partial charge in [-0.2, -0.15) is 0 Å². The largest absolute Gasteiger partial charge is 0.316 e. The molecular formula is C7H15NO. The van der Waals surface area contributed by atoms with Gasteiger partial charge in [-0.05, 0) is 26.3 Å². The van der Waals surface area contributed by atoms with Crippen LogP contribution in [-0.2, 0) is 4.79 Å². The Hall–Kier alpha value is -0.370. The Morgan fingerprint density at radius 1 is 1.78 bits per heavy atom. The Morgan fingerprint density at radius 3 is 2.89 bits per heavy atom. The predicted molar refractivity (Wildman–Crippen MR) is 38.4 cm³/mol. The van der Waals surface area contributed by atoms with Crippen molar-refractivity contribution < 1.29 is 6.22 Å². The number of nitrogens with one attached hydrogen (secondary N) is 1. The Bertz CT molecular complexity index is 110. The summed E-state index contributed by atoms with van der Waals surface area (Å²) in [6.45, 7) is 3.66. The number of ketones is 1. The molecule has 9 heavy (non-hydrogen) atoms. The molecule has 2 nitrogen and oxygen atoms in total. The van der Waals surface area contributed by atoms with Gasteiger partial charge in [-0.25, -0.2) is 0 Å². The van der Waals surface area contributed by atoms with E-state index in [2.05, 4.69) is 5.32 Å². The molecular weight excluding hydrogens is 114 g/mol. The van der Waals surface area contributed by atoms with Crippen LogP contribution in [0.15, 0.2) is 0 Å². The minimum atomic E-state index is 0. The van der Waals surface area contributed by atoms with E-state index >= 15 is 0 Å². The highest BCUT2D eigenvalue weighted by molar-refractivity contribution is 5.78. The van der Waals surface area contributed by atoms with E-state index in [1.165, 1.54) is 0 Å². The van der Waals surface area contributed by atoms with Crippen molar-refractivity contribution in [1.29, 1.82) is 0 Å². The van der Waals surface area contributed by atoms with Gasteiger partial charge < -0.3 is 5.32 Å². The molecule has 1 aliphatic rings. The van der Waals surface area contributed by atoms with Crippen LogP contribution in [0.5, 0.6) is 0 Å². The minimum Gasteiger partial charge on any atom is -0.316 e. The van der Waals surface area contributed by atoms with Crippen LogP contribution in [0.2, 0.25) is 0 Å². The quantitative estimate of drug-likeness (QED) is 0.568. The second kappa shape index (κ2) is 2.97. The first-order chi connectivity index (χ1) is 4.30. The lowest BCUT2D eigenvalue weighted by atomic mass is 9.96. The molecule has 1 atom stereocenters. The van der Waals surface area contributed by atoms with Crippen molar-refractivity contribution in [3.63, 3.8) is 0 Å². The van der Waals surface area contributed by atoms with E-state index in [-0.39, 0.29) is 1.43 Å². The van der Waals surface area contributed by atoms with Gasteiger partial charge in [0, 0.05) is 13.9 Å². The molecule has 0 radical (unpaired) electrons. The molecule has 54 valence electrons. The van der Waals surface area contributed by atoms with Crippen LogP contribution in [0.1, 0.15) is 21.2 Å². The molecule has 2 heteroatoms. The number of hydrogen-bond acceptors (Lipinski definition) is 2. The molecule has 1 rings (SSSR count). The standard InChI is InChI=1S/C7H13NO.H2/c1-6(9)7-3-2-4-8-5-7;/h7-8H,2-5H2,1H3;1H. The summed E-state index contributed by atoms with van der Waals surface area (Å²) < 4.78 is 0. The zero-order valence-electron chi connectivity index (χ0n) is 5.81. The zero-order chi connectivity index (χ0) is 6.69. The van der Waals surface area contributed by atoms with Crippen LogP contribution in [0.3, 0.4) is 0 Å². The molecule has 0 spiro atoms. The van der Waals surface area contributed by atoms with Gasteiger partial charge in [-0.1, -0.05) is 0 Å². The first-order valence-electron chi connectivity index (χ1n) is 3.52. The van der Waals surface area contributed by atoms with Crippen LogP contribution in [0, 0.1) is 5.92 Å². The van der Waals surface area contributed by atoms with E-state index in [0.717, 1.165) is 25.9 Å². The number of hydrogen-bond donors (Lipinski definition) is 1. The summed E-state index contributed by atoms with van der Waals surface area (Å²) in [5.74, 6) is 0.640. The number of rotatable bonds is 1. The maximum absolute atomic E-state index is 10.8. The van der Waals surface area contributed by atoms with Gasteiger partial charge >= 0.3 is 0 Å². The summed E-state index contributed by atoms with van der Waals surface area (Å²) >= 11 is 0. The molecule has 1 N–H and O–H groups in total. The Labute approximate surface area is 57.1 Å². The fraction of sp³-hybridized carbons (Fsp3) is 0.857. The summed E-state index contributed by atoms with van der Waals surface area (Å²) in [6.07, 6.45) is 2.24. The fourth-order valence-electron chi connectivity index (χ4n) is 1.20. The predicted octanol–water partition coefficient (Wildman–Crippen LogP) is 0.821. The van der Waals surface area contributed by atoms with Gasteiger partial charge in [0.1, 0.15) is 5.78 Å². The van der Waals surface area contributed by atoms with E-state index in [1.807, 2.05) is 0 Å². The molecule has 1 aliphatic heterocycles. The third-order valence-electron chi connectivity index (χ3n) is 1.87. The molecule has 0 aliphatic carbocycles. The van der Waals surface area contributed by atoms with Crippen molar-refractivity contribution in [1.82, 2.24) is 5.32 Å². The molecule has 0 amide bonds. The molecule has 1 heterocycles. The second-order valence-electron chi connectivity index (χ2n) is 2.65. The van der Waals surface area contributed by atoms with Crippen molar-refractivity contribution >= 4 is 5.78 Å². The highest BCUT2D eigenvalue weighted by Crippen LogP contribution is 2.09. The van der Waals surface area contributed by atoms with Crippen LogP contribution in [0.25, 0.3) is 0 Å². The van der Waals surface area contributed by atoms with Crippen LogP contribution in [0.4, 0.5) is 0 Å². The van der Waals surface area contributed by atoms with Gasteiger partial charge in [0.25, 0.3) is 0 Å². The molecule has 0 saturated carbocycles. The Morgan fingerprint density at radius 2 is 2.56 bits per heavy atom. The zero-order valence-corrected chi connectivity index (χ0v) is 5.81. The Balaban J connectivity index is 0.000000810. The molecule has 1 fully saturated rings. The lowest BCUT2D eigenvalue weighted by Crippen LogP contribution is -2.33. The van der Waals surface area contributed by atoms with E-state index in [0.29, 0.717) is 11.7 Å². The second-order valence-corrected chi connectivity index (χ2v) is 2.65. The van der Waals surface area contributed by atoms with Crippen molar-refractivity contribution in [3.05, 3.63) is 0 Å². The molecule has 0 aromatic heterocycles. The average molecular weight is 129 g/mol. The number of piperidine rings is 1. The van der Waals surface area contributed by atoms with E-state index < -0.39 is 0 Å². The maximum Gasteiger partial charge on any atom is 0.134 e. The van der Waals surface area contributed by atoms with Crippen molar-refractivity contribution in [2.75, 3.05) is 13.1 Å². The SMILES string of the molecule is CC(=O)C1CCCNC1.[HH]. The summed E-state index contributed by atoms with van der Waals surface area (Å²) in [5, 5.41) is 3.20. The average Bonchev–Trinajstić information content (AvgIpc) is 1.90. The number of carbonyl (C=O) groups excluding carboxylic acids is 1. The maximum atomic E-state index is 10.8. The van der Waals surface area contributed by atoms with Gasteiger partial charge in [0.05, 0.1) is 0 Å². The molecule has 0 aromatic rings. The summed E-state index contributed by atoms with van der Waals surface area (Å²) in [5.41, 5.74) is 0. The lowest BCUT2D eigenvalue weighted by molar-refractivity contribution is -0.121. The van der Waals surface area contributed by atoms with Gasteiger partial charge in [-0.15, -0.1) is 0 Å². The fourth-order valence-corrected chi connectivity index (χ4v) is 1.20. The van der Waals surface area contributed by atoms with Crippen molar-refractivity contribution in [3.8, 4) is 0 Å². The first-order valence-corrected chi connectivity index (χ1v) is 3.52. The van der Waals surface area contributed by atoms with Gasteiger partial charge in [0.2, 0.25) is 0 Å². The smallest absolute Gasteiger partial charge is 0.134 e. The topological polar surface area (TPSA) is 29.1 Å². The van der Waals surface area contributed by atoms with Crippen LogP contribution in [-0.4, -0.2) is 18.9 Å². The van der Waals surface area contributed by atoms with E-state index in [1.54, 1.807) is 6.92 Å². The summed E-state index contributed by atoms with van der Waals surface area (Å²) in [6, 6.07) is 0. The van der Waals surface area contributed by atoms with Crippen LogP contribution < -0.4 is 5.32 Å². The highest BCUT2D eigenvalue weighted by Gasteiger charge is 2.16.